The highest BCUT2D eigenvalue weighted by Crippen LogP contribution is 2.31. The number of nitrogens with zero attached hydrogens (tertiary/aromatic N) is 4. The third-order valence-corrected chi connectivity index (χ3v) is 4.12. The van der Waals surface area contributed by atoms with E-state index < -0.39 is 24.5 Å². The number of hydrogen-bond donors (Lipinski definition) is 5. The summed E-state index contributed by atoms with van der Waals surface area (Å²) in [6.45, 7) is 2.16. The summed E-state index contributed by atoms with van der Waals surface area (Å²) in [7, 11) is 1.90. The van der Waals surface area contributed by atoms with E-state index in [2.05, 4.69) is 25.6 Å². The zero-order valence-electron chi connectivity index (χ0n) is 13.5. The van der Waals surface area contributed by atoms with Gasteiger partial charge < -0.3 is 31.3 Å². The number of ether oxygens (including phenoxy) is 1. The van der Waals surface area contributed by atoms with E-state index in [0.717, 1.165) is 19.5 Å². The maximum Gasteiger partial charge on any atom is 0.167 e. The van der Waals surface area contributed by atoms with E-state index in [4.69, 9.17) is 10.5 Å². The number of aliphatic hydroxyl groups is 2. The van der Waals surface area contributed by atoms with Crippen LogP contribution in [0.15, 0.2) is 12.7 Å². The maximum atomic E-state index is 10.3. The van der Waals surface area contributed by atoms with Gasteiger partial charge in [-0.2, -0.15) is 0 Å². The molecule has 0 aliphatic carbocycles. The number of nitrogen functional groups attached to an aromatic ring is 1. The number of rotatable bonds is 7. The summed E-state index contributed by atoms with van der Waals surface area (Å²) in [6.07, 6.45) is 0.409. The molecule has 1 fully saturated rings. The van der Waals surface area contributed by atoms with E-state index in [9.17, 15) is 10.2 Å². The van der Waals surface area contributed by atoms with Crippen LogP contribution in [0, 0.1) is 0 Å². The van der Waals surface area contributed by atoms with E-state index in [1.54, 1.807) is 4.57 Å². The summed E-state index contributed by atoms with van der Waals surface area (Å²) < 4.78 is 7.40. The molecule has 24 heavy (non-hydrogen) atoms. The molecule has 0 spiro atoms. The molecular weight excluding hydrogens is 314 g/mol. The summed E-state index contributed by atoms with van der Waals surface area (Å²) in [6, 6.07) is 0. The summed E-state index contributed by atoms with van der Waals surface area (Å²) in [4.78, 5) is 12.2. The lowest BCUT2D eigenvalue weighted by atomic mass is 10.1. The first kappa shape index (κ1) is 17.0. The van der Waals surface area contributed by atoms with Gasteiger partial charge in [-0.3, -0.25) is 4.57 Å². The van der Waals surface area contributed by atoms with Gasteiger partial charge >= 0.3 is 0 Å². The van der Waals surface area contributed by atoms with Gasteiger partial charge in [0, 0.05) is 6.54 Å². The highest BCUT2D eigenvalue weighted by atomic mass is 16.6. The van der Waals surface area contributed by atoms with Crippen LogP contribution in [0.3, 0.4) is 0 Å². The third kappa shape index (κ3) is 3.19. The Balaban J connectivity index is 1.69. The molecule has 10 nitrogen and oxygen atoms in total. The third-order valence-electron chi connectivity index (χ3n) is 4.12. The Labute approximate surface area is 139 Å². The molecule has 0 radical (unpaired) electrons. The van der Waals surface area contributed by atoms with Crippen LogP contribution in [0.2, 0.25) is 0 Å². The summed E-state index contributed by atoms with van der Waals surface area (Å²) in [5, 5.41) is 26.9. The predicted molar refractivity (Wildman–Crippen MR) is 87.1 cm³/mol. The zero-order valence-corrected chi connectivity index (χ0v) is 13.5. The van der Waals surface area contributed by atoms with Gasteiger partial charge in [0.15, 0.2) is 17.7 Å². The fraction of sp³-hybridized carbons (Fsp3) is 0.643. The maximum absolute atomic E-state index is 10.3. The normalized spacial score (nSPS) is 27.1. The summed E-state index contributed by atoms with van der Waals surface area (Å²) >= 11 is 0. The largest absolute Gasteiger partial charge is 0.387 e. The average Bonchev–Trinajstić information content (AvgIpc) is 3.12. The van der Waals surface area contributed by atoms with Crippen LogP contribution in [-0.2, 0) is 4.74 Å². The highest BCUT2D eigenvalue weighted by Gasteiger charge is 2.44. The number of anilines is 1. The van der Waals surface area contributed by atoms with Gasteiger partial charge in [0.2, 0.25) is 0 Å². The molecule has 0 amide bonds. The van der Waals surface area contributed by atoms with Crippen LogP contribution in [0.1, 0.15) is 12.6 Å². The molecule has 132 valence electrons. The van der Waals surface area contributed by atoms with Gasteiger partial charge in [-0.25, -0.2) is 15.0 Å². The lowest BCUT2D eigenvalue weighted by Crippen LogP contribution is -2.38. The van der Waals surface area contributed by atoms with Crippen LogP contribution in [0.25, 0.3) is 11.2 Å². The molecule has 2 aromatic heterocycles. The minimum Gasteiger partial charge on any atom is -0.387 e. The smallest absolute Gasteiger partial charge is 0.167 e. The van der Waals surface area contributed by atoms with Crippen LogP contribution in [0.4, 0.5) is 5.82 Å². The second kappa shape index (κ2) is 7.36. The van der Waals surface area contributed by atoms with Crippen molar-refractivity contribution in [1.29, 1.82) is 0 Å². The molecule has 3 heterocycles. The van der Waals surface area contributed by atoms with Crippen molar-refractivity contribution < 1.29 is 14.9 Å². The van der Waals surface area contributed by atoms with Crippen molar-refractivity contribution in [1.82, 2.24) is 30.2 Å². The van der Waals surface area contributed by atoms with Crippen LogP contribution in [0.5, 0.6) is 0 Å². The van der Waals surface area contributed by atoms with E-state index >= 15 is 0 Å². The van der Waals surface area contributed by atoms with Crippen molar-refractivity contribution in [2.75, 3.05) is 32.4 Å². The molecule has 10 heteroatoms. The molecule has 4 atom stereocenters. The van der Waals surface area contributed by atoms with E-state index in [1.807, 2.05) is 7.05 Å². The van der Waals surface area contributed by atoms with Crippen molar-refractivity contribution >= 4 is 17.0 Å². The molecule has 0 unspecified atom stereocenters. The first-order valence-electron chi connectivity index (χ1n) is 7.93. The minimum atomic E-state index is -1.08. The Morgan fingerprint density at radius 1 is 1.25 bits per heavy atom. The van der Waals surface area contributed by atoms with Gasteiger partial charge in [0.25, 0.3) is 0 Å². The van der Waals surface area contributed by atoms with Gasteiger partial charge in [-0.1, -0.05) is 0 Å². The molecule has 0 aromatic carbocycles. The van der Waals surface area contributed by atoms with Crippen molar-refractivity contribution in [2.24, 2.45) is 0 Å². The molecule has 0 bridgehead atoms. The monoisotopic (exact) mass is 337 g/mol. The Bertz CT molecular complexity index is 679. The van der Waals surface area contributed by atoms with Crippen LogP contribution >= 0.6 is 0 Å². The molecule has 3 rings (SSSR count). The standard InChI is InChI=1S/C14H23N7O3/c1-16-3-2-4-17-5-8-10(22)11(23)14(24-8)21-7-20-9-12(15)18-6-19-13(9)21/h6-8,10-11,14,16-17,22-23H,2-5H2,1H3,(H2,15,18,19)/t8-,10-,11-,14-/m1/s1. The van der Waals surface area contributed by atoms with Gasteiger partial charge in [-0.05, 0) is 26.6 Å². The van der Waals surface area contributed by atoms with Crippen molar-refractivity contribution in [2.45, 2.75) is 31.0 Å². The first-order chi connectivity index (χ1) is 11.6. The average molecular weight is 337 g/mol. The van der Waals surface area contributed by atoms with Crippen molar-refractivity contribution in [3.8, 4) is 0 Å². The number of nitrogens with two attached hydrogens (primary N) is 1. The van der Waals surface area contributed by atoms with Gasteiger partial charge in [0.1, 0.15) is 30.2 Å². The van der Waals surface area contributed by atoms with E-state index in [1.165, 1.54) is 12.7 Å². The fourth-order valence-corrected chi connectivity index (χ4v) is 2.82. The molecule has 1 aliphatic rings. The summed E-state index contributed by atoms with van der Waals surface area (Å²) in [5.74, 6) is 0.259. The molecule has 2 aromatic rings. The zero-order chi connectivity index (χ0) is 17.1. The van der Waals surface area contributed by atoms with Crippen molar-refractivity contribution in [3.63, 3.8) is 0 Å². The quantitative estimate of drug-likeness (QED) is 0.371. The van der Waals surface area contributed by atoms with Crippen LogP contribution < -0.4 is 16.4 Å². The molecule has 1 saturated heterocycles. The second-order valence-corrected chi connectivity index (χ2v) is 5.79. The van der Waals surface area contributed by atoms with Gasteiger partial charge in [-0.15, -0.1) is 0 Å². The topological polar surface area (TPSA) is 143 Å². The van der Waals surface area contributed by atoms with Crippen molar-refractivity contribution in [3.05, 3.63) is 12.7 Å². The highest BCUT2D eigenvalue weighted by molar-refractivity contribution is 5.81. The van der Waals surface area contributed by atoms with E-state index in [0.29, 0.717) is 17.7 Å². The molecular formula is C14H23N7O3. The SMILES string of the molecule is CNCCCNC[C@H]1O[C@@H](n2cnc3c(N)ncnc32)[C@H](O)[C@@H]1O. The Morgan fingerprint density at radius 2 is 2.08 bits per heavy atom. The van der Waals surface area contributed by atoms with Gasteiger partial charge in [0.05, 0.1) is 6.33 Å². The van der Waals surface area contributed by atoms with E-state index in [-0.39, 0.29) is 5.82 Å². The Kier molecular flexibility index (Phi) is 5.21. The number of imidazole rings is 1. The number of aromatic nitrogens is 4. The number of nitrogens with one attached hydrogen (secondary N) is 2. The number of fused-ring (bicyclic) bond motifs is 1. The van der Waals surface area contributed by atoms with Crippen LogP contribution in [-0.4, -0.2) is 74.7 Å². The predicted octanol–water partition coefficient (Wildman–Crippen LogP) is -1.77. The molecule has 0 saturated carbocycles. The lowest BCUT2D eigenvalue weighted by molar-refractivity contribution is -0.0341. The molecule has 1 aliphatic heterocycles. The summed E-state index contributed by atoms with van der Waals surface area (Å²) in [5.41, 5.74) is 6.67. The first-order valence-corrected chi connectivity index (χ1v) is 7.93. The Hall–Kier alpha value is -1.85. The Morgan fingerprint density at radius 3 is 2.88 bits per heavy atom. The minimum absolute atomic E-state index is 0.259. The fourth-order valence-electron chi connectivity index (χ4n) is 2.82. The second-order valence-electron chi connectivity index (χ2n) is 5.79. The number of aliphatic hydroxyl groups excluding tert-OH is 2. The number of hydrogen-bond acceptors (Lipinski definition) is 9. The molecule has 6 N–H and O–H groups in total. The lowest BCUT2D eigenvalue weighted by Gasteiger charge is -2.16.